The summed E-state index contributed by atoms with van der Waals surface area (Å²) in [6.07, 6.45) is 2.42. The van der Waals surface area contributed by atoms with Gasteiger partial charge in [-0.15, -0.1) is 0 Å². The summed E-state index contributed by atoms with van der Waals surface area (Å²) in [7, 11) is 2.05. The molecule has 0 fully saturated rings. The minimum Gasteiger partial charge on any atom is -0.475 e. The van der Waals surface area contributed by atoms with Crippen molar-refractivity contribution in [2.75, 3.05) is 13.1 Å². The smallest absolute Gasteiger partial charge is 0.475 e. The van der Waals surface area contributed by atoms with E-state index in [2.05, 4.69) is 48.7 Å². The minimum absolute atomic E-state index is 0.881. The highest BCUT2D eigenvalue weighted by molar-refractivity contribution is 5.73. The zero-order valence-electron chi connectivity index (χ0n) is 16.9. The number of benzene rings is 1. The number of carbonyl (C=O) groups is 1. The molecule has 0 bridgehead atoms. The van der Waals surface area contributed by atoms with Crippen molar-refractivity contribution < 1.29 is 23.1 Å². The molecule has 0 aliphatic carbocycles. The van der Waals surface area contributed by atoms with E-state index < -0.39 is 12.1 Å². The average Bonchev–Trinajstić information content (AvgIpc) is 3.02. The van der Waals surface area contributed by atoms with E-state index in [4.69, 9.17) is 9.90 Å². The van der Waals surface area contributed by atoms with Crippen LogP contribution < -0.4 is 0 Å². The number of aromatic nitrogens is 4. The minimum atomic E-state index is -5.08. The Labute approximate surface area is 177 Å². The van der Waals surface area contributed by atoms with Gasteiger partial charge in [0.1, 0.15) is 12.2 Å². The fourth-order valence-electron chi connectivity index (χ4n) is 3.32. The molecule has 0 spiro atoms. The zero-order chi connectivity index (χ0) is 22.4. The van der Waals surface area contributed by atoms with Gasteiger partial charge in [0.25, 0.3) is 0 Å². The maximum Gasteiger partial charge on any atom is 0.490 e. The summed E-state index contributed by atoms with van der Waals surface area (Å²) in [5.41, 5.74) is 4.74. The lowest BCUT2D eigenvalue weighted by Crippen LogP contribution is -2.27. The van der Waals surface area contributed by atoms with Crippen LogP contribution in [0.5, 0.6) is 0 Å². The van der Waals surface area contributed by atoms with E-state index in [1.807, 2.05) is 25.5 Å². The van der Waals surface area contributed by atoms with E-state index in [0.717, 1.165) is 44.0 Å². The van der Waals surface area contributed by atoms with Crippen LogP contribution in [0.25, 0.3) is 11.3 Å². The molecule has 0 unspecified atom stereocenters. The number of aryl methyl sites for hydroxylation is 1. The lowest BCUT2D eigenvalue weighted by atomic mass is 10.0. The van der Waals surface area contributed by atoms with Gasteiger partial charge >= 0.3 is 12.1 Å². The maximum atomic E-state index is 10.6. The molecule has 3 aromatic rings. The molecule has 1 aromatic carbocycles. The molecule has 0 saturated heterocycles. The first-order valence-electron chi connectivity index (χ1n) is 9.62. The average molecular weight is 433 g/mol. The predicted molar refractivity (Wildman–Crippen MR) is 107 cm³/mol. The SMILES string of the molecule is Cn1ccnc1CN1CCc2ncnc(-c3ccccc3)c2CC1.O=C(O)C(F)(F)F. The highest BCUT2D eigenvalue weighted by Crippen LogP contribution is 2.25. The number of imidazole rings is 1. The molecule has 10 heteroatoms. The second-order valence-corrected chi connectivity index (χ2v) is 7.05. The van der Waals surface area contributed by atoms with Crippen LogP contribution in [0.1, 0.15) is 17.1 Å². The summed E-state index contributed by atoms with van der Waals surface area (Å²) in [6.45, 7) is 2.89. The number of aliphatic carboxylic acids is 1. The van der Waals surface area contributed by atoms with Gasteiger partial charge < -0.3 is 9.67 Å². The van der Waals surface area contributed by atoms with Gasteiger partial charge in [-0.3, -0.25) is 4.90 Å². The third-order valence-electron chi connectivity index (χ3n) is 4.95. The van der Waals surface area contributed by atoms with Crippen molar-refractivity contribution >= 4 is 5.97 Å². The van der Waals surface area contributed by atoms with Crippen LogP contribution in [0.3, 0.4) is 0 Å². The number of halogens is 3. The van der Waals surface area contributed by atoms with Crippen molar-refractivity contribution in [2.24, 2.45) is 7.05 Å². The summed E-state index contributed by atoms with van der Waals surface area (Å²) < 4.78 is 33.8. The molecule has 4 rings (SSSR count). The van der Waals surface area contributed by atoms with E-state index in [-0.39, 0.29) is 0 Å². The Balaban J connectivity index is 0.000000339. The molecule has 1 aliphatic heterocycles. The van der Waals surface area contributed by atoms with Crippen LogP contribution in [0.4, 0.5) is 13.2 Å². The lowest BCUT2D eigenvalue weighted by molar-refractivity contribution is -0.192. The molecule has 1 aliphatic rings. The molecule has 0 amide bonds. The number of hydrogen-bond donors (Lipinski definition) is 1. The van der Waals surface area contributed by atoms with Crippen LogP contribution in [0.2, 0.25) is 0 Å². The van der Waals surface area contributed by atoms with Gasteiger partial charge in [-0.1, -0.05) is 30.3 Å². The molecule has 0 saturated carbocycles. The Hall–Kier alpha value is -3.27. The van der Waals surface area contributed by atoms with Crippen molar-refractivity contribution in [3.8, 4) is 11.3 Å². The Kier molecular flexibility index (Phi) is 7.01. The van der Waals surface area contributed by atoms with Crippen molar-refractivity contribution in [3.05, 3.63) is 66.1 Å². The number of rotatable bonds is 3. The number of alkyl halides is 3. The van der Waals surface area contributed by atoms with Crippen LogP contribution in [-0.4, -0.2) is 54.8 Å². The normalized spacial score (nSPS) is 14.2. The lowest BCUT2D eigenvalue weighted by Gasteiger charge is -2.19. The molecule has 164 valence electrons. The van der Waals surface area contributed by atoms with Crippen molar-refractivity contribution in [1.82, 2.24) is 24.4 Å². The molecule has 0 atom stereocenters. The van der Waals surface area contributed by atoms with Crippen molar-refractivity contribution in [1.29, 1.82) is 0 Å². The summed E-state index contributed by atoms with van der Waals surface area (Å²) in [4.78, 5) is 24.9. The highest BCUT2D eigenvalue weighted by Gasteiger charge is 2.38. The van der Waals surface area contributed by atoms with Crippen LogP contribution in [0, 0.1) is 0 Å². The molecule has 1 N–H and O–H groups in total. The first-order valence-corrected chi connectivity index (χ1v) is 9.62. The topological polar surface area (TPSA) is 84.1 Å². The summed E-state index contributed by atoms with van der Waals surface area (Å²) >= 11 is 0. The van der Waals surface area contributed by atoms with E-state index in [9.17, 15) is 13.2 Å². The van der Waals surface area contributed by atoms with Gasteiger partial charge in [0.15, 0.2) is 0 Å². The van der Waals surface area contributed by atoms with Crippen LogP contribution in [-0.2, 0) is 31.2 Å². The first kappa shape index (κ1) is 22.4. The maximum absolute atomic E-state index is 10.6. The molecule has 7 nitrogen and oxygen atoms in total. The fraction of sp³-hybridized carbons (Fsp3) is 0.333. The fourth-order valence-corrected chi connectivity index (χ4v) is 3.32. The molecule has 3 heterocycles. The number of hydrogen-bond acceptors (Lipinski definition) is 5. The predicted octanol–water partition coefficient (Wildman–Crippen LogP) is 3.11. The second kappa shape index (κ2) is 9.69. The summed E-state index contributed by atoms with van der Waals surface area (Å²) in [5, 5.41) is 7.12. The largest absolute Gasteiger partial charge is 0.490 e. The van der Waals surface area contributed by atoms with Gasteiger partial charge in [0.05, 0.1) is 12.2 Å². The molecule has 31 heavy (non-hydrogen) atoms. The molecule has 2 aromatic heterocycles. The quantitative estimate of drug-likeness (QED) is 0.683. The van der Waals surface area contributed by atoms with Gasteiger partial charge in [-0.25, -0.2) is 19.7 Å². The number of nitrogens with zero attached hydrogens (tertiary/aromatic N) is 5. The van der Waals surface area contributed by atoms with Crippen LogP contribution in [0.15, 0.2) is 49.1 Å². The Morgan fingerprint density at radius 2 is 1.77 bits per heavy atom. The number of fused-ring (bicyclic) bond motifs is 1. The van der Waals surface area contributed by atoms with Gasteiger partial charge in [-0.2, -0.15) is 13.2 Å². The summed E-state index contributed by atoms with van der Waals surface area (Å²) in [5.74, 6) is -1.65. The van der Waals surface area contributed by atoms with Crippen molar-refractivity contribution in [3.63, 3.8) is 0 Å². The second-order valence-electron chi connectivity index (χ2n) is 7.05. The molecular formula is C21H22F3N5O2. The summed E-state index contributed by atoms with van der Waals surface area (Å²) in [6, 6.07) is 10.4. The van der Waals surface area contributed by atoms with Crippen molar-refractivity contribution in [2.45, 2.75) is 25.6 Å². The van der Waals surface area contributed by atoms with Gasteiger partial charge in [0.2, 0.25) is 0 Å². The van der Waals surface area contributed by atoms with E-state index in [1.54, 1.807) is 6.33 Å². The zero-order valence-corrected chi connectivity index (χ0v) is 16.9. The Morgan fingerprint density at radius 3 is 2.39 bits per heavy atom. The standard InChI is InChI=1S/C19H21N5.C2HF3O2/c1-23-12-9-20-18(23)13-24-10-7-16-17(8-11-24)21-14-22-19(16)15-5-3-2-4-6-15;3-2(4,5)1(6)7/h2-6,9,12,14H,7-8,10-11,13H2,1H3;(H,6,7). The Bertz CT molecular complexity index is 1020. The third kappa shape index (κ3) is 5.88. The van der Waals surface area contributed by atoms with Gasteiger partial charge in [-0.05, 0) is 6.42 Å². The number of carboxylic acid groups (broad SMARTS) is 1. The van der Waals surface area contributed by atoms with Gasteiger partial charge in [0, 0.05) is 55.8 Å². The molecule has 0 radical (unpaired) electrons. The number of carboxylic acids is 1. The Morgan fingerprint density at radius 1 is 1.10 bits per heavy atom. The van der Waals surface area contributed by atoms with E-state index in [0.29, 0.717) is 0 Å². The third-order valence-corrected chi connectivity index (χ3v) is 4.95. The van der Waals surface area contributed by atoms with Crippen LogP contribution >= 0.6 is 0 Å². The first-order chi connectivity index (χ1) is 14.8. The highest BCUT2D eigenvalue weighted by atomic mass is 19.4. The monoisotopic (exact) mass is 433 g/mol. The van der Waals surface area contributed by atoms with E-state index in [1.165, 1.54) is 16.8 Å². The van der Waals surface area contributed by atoms with E-state index >= 15 is 0 Å². The molecular weight excluding hydrogens is 411 g/mol.